The van der Waals surface area contributed by atoms with Gasteiger partial charge in [-0.25, -0.2) is 0 Å². The van der Waals surface area contributed by atoms with E-state index in [9.17, 15) is 4.79 Å². The molecule has 0 unspecified atom stereocenters. The minimum absolute atomic E-state index is 0.347. The lowest BCUT2D eigenvalue weighted by Crippen LogP contribution is -2.29. The number of aryl methyl sites for hydroxylation is 1. The number of unbranched alkanes of at least 4 members (excludes halogenated alkanes) is 1. The van der Waals surface area contributed by atoms with Gasteiger partial charge < -0.3 is 15.4 Å². The molecule has 90 valence electrons. The first-order chi connectivity index (χ1) is 7.52. The van der Waals surface area contributed by atoms with Gasteiger partial charge in [-0.1, -0.05) is 5.16 Å². The summed E-state index contributed by atoms with van der Waals surface area (Å²) in [6, 6.07) is -0.781. The predicted molar refractivity (Wildman–Crippen MR) is 59.5 cm³/mol. The molecule has 0 bridgehead atoms. The van der Waals surface area contributed by atoms with Crippen LogP contribution in [0.15, 0.2) is 4.52 Å². The van der Waals surface area contributed by atoms with Crippen LogP contribution in [-0.2, 0) is 11.3 Å². The number of nitrogens with two attached hydrogens (primary N) is 1. The molecule has 3 N–H and O–H groups in total. The van der Waals surface area contributed by atoms with Gasteiger partial charge in [0, 0.05) is 6.54 Å². The van der Waals surface area contributed by atoms with E-state index in [1.54, 1.807) is 4.57 Å². The third-order valence-corrected chi connectivity index (χ3v) is 2.63. The summed E-state index contributed by atoms with van der Waals surface area (Å²) in [5.41, 5.74) is 5.38. The van der Waals surface area contributed by atoms with Crippen molar-refractivity contribution in [2.45, 2.75) is 38.8 Å². The number of rotatable bonds is 6. The van der Waals surface area contributed by atoms with E-state index in [1.165, 1.54) is 0 Å². The van der Waals surface area contributed by atoms with Crippen LogP contribution >= 0.6 is 12.2 Å². The zero-order valence-electron chi connectivity index (χ0n) is 9.05. The molecule has 0 radical (unpaired) electrons. The molecule has 1 aromatic heterocycles. The van der Waals surface area contributed by atoms with Crippen LogP contribution in [0.4, 0.5) is 0 Å². The van der Waals surface area contributed by atoms with Gasteiger partial charge in [0.2, 0.25) is 0 Å². The van der Waals surface area contributed by atoms with Crippen molar-refractivity contribution in [2.24, 2.45) is 5.73 Å². The molecule has 1 atom stereocenters. The maximum absolute atomic E-state index is 10.5. The van der Waals surface area contributed by atoms with Crippen LogP contribution in [0.1, 0.15) is 25.1 Å². The highest BCUT2D eigenvalue weighted by Gasteiger charge is 2.10. The van der Waals surface area contributed by atoms with E-state index in [-0.39, 0.29) is 0 Å². The van der Waals surface area contributed by atoms with E-state index in [0.717, 1.165) is 18.7 Å². The molecule has 0 saturated heterocycles. The Morgan fingerprint density at radius 2 is 2.38 bits per heavy atom. The summed E-state index contributed by atoms with van der Waals surface area (Å²) in [5, 5.41) is 12.3. The maximum atomic E-state index is 10.5. The van der Waals surface area contributed by atoms with Gasteiger partial charge >= 0.3 is 5.97 Å². The number of nitrogens with zero attached hydrogens (tertiary/aromatic N) is 2. The van der Waals surface area contributed by atoms with Crippen LogP contribution in [-0.4, -0.2) is 26.8 Å². The highest BCUT2D eigenvalue weighted by atomic mass is 32.1. The van der Waals surface area contributed by atoms with E-state index in [4.69, 9.17) is 27.6 Å². The Kier molecular flexibility index (Phi) is 4.63. The standard InChI is InChI=1S/C9H15N3O3S/c1-6-11-15-9(16)12(6)5-3-2-4-7(10)8(13)14/h7H,2-5,10H2,1H3,(H,13,14)/t7-/m0/s1. The molecule has 0 aliphatic heterocycles. The number of carbonyl (C=O) groups is 1. The first-order valence-corrected chi connectivity index (χ1v) is 5.44. The molecule has 0 spiro atoms. The Morgan fingerprint density at radius 3 is 2.88 bits per heavy atom. The zero-order chi connectivity index (χ0) is 12.1. The van der Waals surface area contributed by atoms with Gasteiger partial charge in [0.05, 0.1) is 0 Å². The zero-order valence-corrected chi connectivity index (χ0v) is 9.87. The molecule has 6 nitrogen and oxygen atoms in total. The van der Waals surface area contributed by atoms with E-state index >= 15 is 0 Å². The van der Waals surface area contributed by atoms with Gasteiger partial charge in [-0.15, -0.1) is 0 Å². The van der Waals surface area contributed by atoms with Crippen molar-refractivity contribution >= 4 is 18.2 Å². The van der Waals surface area contributed by atoms with Crippen molar-refractivity contribution in [1.82, 2.24) is 9.72 Å². The molecule has 0 aliphatic carbocycles. The van der Waals surface area contributed by atoms with Crippen molar-refractivity contribution < 1.29 is 14.4 Å². The first kappa shape index (κ1) is 12.9. The average molecular weight is 245 g/mol. The fraction of sp³-hybridized carbons (Fsp3) is 0.667. The normalized spacial score (nSPS) is 12.6. The average Bonchev–Trinajstić information content (AvgIpc) is 2.54. The Morgan fingerprint density at radius 1 is 1.69 bits per heavy atom. The van der Waals surface area contributed by atoms with Gasteiger partial charge in [-0.2, -0.15) is 0 Å². The smallest absolute Gasteiger partial charge is 0.320 e. The van der Waals surface area contributed by atoms with E-state index in [0.29, 0.717) is 17.8 Å². The molecular formula is C9H15N3O3S. The molecule has 0 amide bonds. The Balaban J connectivity index is 2.32. The van der Waals surface area contributed by atoms with E-state index in [2.05, 4.69) is 5.16 Å². The summed E-state index contributed by atoms with van der Waals surface area (Å²) in [6.45, 7) is 2.49. The van der Waals surface area contributed by atoms with E-state index < -0.39 is 12.0 Å². The molecule has 0 fully saturated rings. The van der Waals surface area contributed by atoms with E-state index in [1.807, 2.05) is 6.92 Å². The minimum atomic E-state index is -0.960. The molecule has 0 saturated carbocycles. The highest BCUT2D eigenvalue weighted by Crippen LogP contribution is 2.05. The number of carboxylic acids is 1. The van der Waals surface area contributed by atoms with Crippen molar-refractivity contribution in [2.75, 3.05) is 0 Å². The molecular weight excluding hydrogens is 230 g/mol. The lowest BCUT2D eigenvalue weighted by molar-refractivity contribution is -0.138. The summed E-state index contributed by atoms with van der Waals surface area (Å²) in [6.07, 6.45) is 2.00. The van der Waals surface area contributed by atoms with Crippen LogP contribution in [0.2, 0.25) is 0 Å². The van der Waals surface area contributed by atoms with Gasteiger partial charge in [-0.3, -0.25) is 9.36 Å². The number of hydrogen-bond donors (Lipinski definition) is 2. The molecule has 1 rings (SSSR count). The topological polar surface area (TPSA) is 94.3 Å². The second-order valence-electron chi connectivity index (χ2n) is 3.59. The lowest BCUT2D eigenvalue weighted by Gasteiger charge is -2.06. The molecule has 0 aliphatic rings. The van der Waals surface area contributed by atoms with Crippen LogP contribution in [0, 0.1) is 11.8 Å². The first-order valence-electron chi connectivity index (χ1n) is 5.04. The second kappa shape index (κ2) is 5.76. The highest BCUT2D eigenvalue weighted by molar-refractivity contribution is 7.71. The maximum Gasteiger partial charge on any atom is 0.320 e. The number of aromatic nitrogens is 2. The molecule has 16 heavy (non-hydrogen) atoms. The van der Waals surface area contributed by atoms with Crippen molar-refractivity contribution in [3.63, 3.8) is 0 Å². The Bertz CT molecular complexity index is 412. The fourth-order valence-corrected chi connectivity index (χ4v) is 1.61. The molecule has 7 heteroatoms. The molecule has 1 heterocycles. The van der Waals surface area contributed by atoms with Crippen LogP contribution < -0.4 is 5.73 Å². The summed E-state index contributed by atoms with van der Waals surface area (Å²) in [5.74, 6) is -0.231. The van der Waals surface area contributed by atoms with Crippen molar-refractivity contribution in [1.29, 1.82) is 0 Å². The van der Waals surface area contributed by atoms with Crippen LogP contribution in [0.25, 0.3) is 0 Å². The number of hydrogen-bond acceptors (Lipinski definition) is 5. The summed E-state index contributed by atoms with van der Waals surface area (Å²) in [4.78, 5) is 10.8. The third kappa shape index (κ3) is 3.42. The summed E-state index contributed by atoms with van der Waals surface area (Å²) >= 11 is 4.93. The van der Waals surface area contributed by atoms with Gasteiger partial charge in [0.1, 0.15) is 11.9 Å². The Hall–Kier alpha value is -1.21. The quantitative estimate of drug-likeness (QED) is 0.575. The Labute approximate surface area is 98.0 Å². The van der Waals surface area contributed by atoms with Crippen molar-refractivity contribution in [3.05, 3.63) is 10.7 Å². The number of carboxylic acid groups (broad SMARTS) is 1. The van der Waals surface area contributed by atoms with Gasteiger partial charge in [0.25, 0.3) is 4.84 Å². The molecule has 0 aromatic carbocycles. The molecule has 1 aromatic rings. The van der Waals surface area contributed by atoms with Crippen LogP contribution in [0.5, 0.6) is 0 Å². The summed E-state index contributed by atoms with van der Waals surface area (Å²) < 4.78 is 6.60. The van der Waals surface area contributed by atoms with Gasteiger partial charge in [-0.05, 0) is 38.4 Å². The summed E-state index contributed by atoms with van der Waals surface area (Å²) in [7, 11) is 0. The van der Waals surface area contributed by atoms with Crippen molar-refractivity contribution in [3.8, 4) is 0 Å². The van der Waals surface area contributed by atoms with Crippen LogP contribution in [0.3, 0.4) is 0 Å². The minimum Gasteiger partial charge on any atom is -0.480 e. The number of aliphatic carboxylic acids is 1. The monoisotopic (exact) mass is 245 g/mol. The lowest BCUT2D eigenvalue weighted by atomic mass is 10.1. The largest absolute Gasteiger partial charge is 0.480 e. The SMILES string of the molecule is Cc1noc(=S)n1CCCC[C@H](N)C(=O)O. The van der Waals surface area contributed by atoms with Gasteiger partial charge in [0.15, 0.2) is 0 Å². The fourth-order valence-electron chi connectivity index (χ4n) is 1.35. The predicted octanol–water partition coefficient (Wildman–Crippen LogP) is 1.10. The second-order valence-corrected chi connectivity index (χ2v) is 3.94. The third-order valence-electron chi connectivity index (χ3n) is 2.33.